The maximum Gasteiger partial charge on any atom is 0.164 e. The minimum atomic E-state index is -1.22. The maximum absolute atomic E-state index is 14.8. The lowest BCUT2D eigenvalue weighted by Crippen LogP contribution is -2.22. The third-order valence-corrected chi connectivity index (χ3v) is 10.6. The summed E-state index contributed by atoms with van der Waals surface area (Å²) < 4.78 is 31.1. The normalized spacial score (nSPS) is 12.6. The first-order valence-electron chi connectivity index (χ1n) is 14.4. The number of para-hydroxylation sites is 2. The Morgan fingerprint density at radius 3 is 2.12 bits per heavy atom. The molecule has 216 valence electrons. The van der Waals surface area contributed by atoms with E-state index in [0.29, 0.717) is 32.2 Å². The molecule has 0 spiro atoms. The van der Waals surface area contributed by atoms with Gasteiger partial charge in [-0.05, 0) is 48.0 Å². The van der Waals surface area contributed by atoms with E-state index >= 15 is 0 Å². The lowest BCUT2D eigenvalue weighted by Gasteiger charge is -2.16. The summed E-state index contributed by atoms with van der Waals surface area (Å²) in [5.41, 5.74) is 4.89. The monoisotopic (exact) mass is 588 g/mol. The first kappa shape index (κ1) is 29.4. The molecule has 0 atom stereocenters. The Morgan fingerprint density at radius 2 is 1.41 bits per heavy atom. The van der Waals surface area contributed by atoms with Gasteiger partial charge in [0.1, 0.15) is 25.0 Å². The number of fused-ring (bicyclic) bond motifs is 2. The van der Waals surface area contributed by atoms with Crippen LogP contribution in [0.4, 0.5) is 4.39 Å². The van der Waals surface area contributed by atoms with Crippen molar-refractivity contribution in [1.29, 1.82) is 0 Å². The lowest BCUT2D eigenvalue weighted by atomic mass is 10.0. The lowest BCUT2D eigenvalue weighted by molar-refractivity contribution is 0.0817. The molecule has 0 amide bonds. The first-order valence-corrected chi connectivity index (χ1v) is 21.8. The highest BCUT2D eigenvalue weighted by Gasteiger charge is 2.22. The first-order chi connectivity index (χ1) is 19.5. The van der Waals surface area contributed by atoms with Gasteiger partial charge in [-0.25, -0.2) is 14.1 Å². The summed E-state index contributed by atoms with van der Waals surface area (Å²) in [6, 6.07) is 23.1. The van der Waals surface area contributed by atoms with Crippen molar-refractivity contribution in [3.63, 3.8) is 0 Å². The summed E-state index contributed by atoms with van der Waals surface area (Å²) in [4.78, 5) is 5.03. The van der Waals surface area contributed by atoms with E-state index in [4.69, 9.17) is 19.6 Å². The molecule has 0 aliphatic carbocycles. The van der Waals surface area contributed by atoms with Crippen LogP contribution in [0.15, 0.2) is 66.7 Å². The zero-order valence-corrected chi connectivity index (χ0v) is 27.1. The Bertz CT molecular complexity index is 1650. The Hall–Kier alpha value is -3.12. The molecule has 0 unspecified atom stereocenters. The maximum atomic E-state index is 14.8. The summed E-state index contributed by atoms with van der Waals surface area (Å²) in [7, 11) is -2.44. The zero-order chi connectivity index (χ0) is 29.2. The number of imidazole rings is 1. The average Bonchev–Trinajstić information content (AvgIpc) is 3.46. The zero-order valence-electron chi connectivity index (χ0n) is 25.1. The van der Waals surface area contributed by atoms with Crippen LogP contribution in [-0.4, -0.2) is 48.7 Å². The van der Waals surface area contributed by atoms with Gasteiger partial charge in [0.15, 0.2) is 5.82 Å². The number of halogens is 1. The Morgan fingerprint density at radius 1 is 0.756 bits per heavy atom. The number of benzene rings is 3. The van der Waals surface area contributed by atoms with Crippen LogP contribution in [0.25, 0.3) is 44.6 Å². The van der Waals surface area contributed by atoms with Crippen LogP contribution in [0.5, 0.6) is 0 Å². The van der Waals surface area contributed by atoms with Crippen LogP contribution in [0.2, 0.25) is 51.4 Å². The second kappa shape index (κ2) is 12.0. The highest BCUT2D eigenvalue weighted by molar-refractivity contribution is 6.76. The van der Waals surface area contributed by atoms with E-state index in [-0.39, 0.29) is 5.82 Å². The van der Waals surface area contributed by atoms with Crippen LogP contribution in [-0.2, 0) is 22.9 Å². The summed E-state index contributed by atoms with van der Waals surface area (Å²) in [6.07, 6.45) is 0. The molecule has 2 heterocycles. The molecule has 3 aromatic carbocycles. The standard InChI is InChI=1S/C32H41FN4O2Si2/c1-40(2,3)19-17-38-22-36-30-14-10-9-13-28(30)34-32(36)31-26-21-24(25-11-7-8-12-27(25)33)15-16-29(26)37(35-31)23-39-18-20-41(4,5)6/h7-16,21H,17-20,22-23H2,1-6H3. The van der Waals surface area contributed by atoms with Crippen LogP contribution in [0, 0.1) is 5.82 Å². The van der Waals surface area contributed by atoms with Gasteiger partial charge in [-0.15, -0.1) is 0 Å². The van der Waals surface area contributed by atoms with Crippen molar-refractivity contribution in [3.05, 3.63) is 72.5 Å². The molecule has 0 saturated carbocycles. The average molecular weight is 589 g/mol. The minimum absolute atomic E-state index is 0.251. The summed E-state index contributed by atoms with van der Waals surface area (Å²) in [5, 5.41) is 5.95. The molecule has 0 aliphatic heterocycles. The third-order valence-electron chi connectivity index (χ3n) is 7.23. The molecule has 6 nitrogen and oxygen atoms in total. The summed E-state index contributed by atoms with van der Waals surface area (Å²) in [6.45, 7) is 16.2. The van der Waals surface area contributed by atoms with Crippen LogP contribution >= 0.6 is 0 Å². The molecule has 0 N–H and O–H groups in total. The van der Waals surface area contributed by atoms with Gasteiger partial charge in [-0.3, -0.25) is 4.57 Å². The SMILES string of the molecule is C[Si](C)(C)CCOCn1nc(-c2nc3ccccc3n2COCC[Si](C)(C)C)c2cc(-c3ccccc3F)ccc21. The molecule has 0 aliphatic rings. The molecule has 0 radical (unpaired) electrons. The predicted octanol–water partition coefficient (Wildman–Crippen LogP) is 8.48. The van der Waals surface area contributed by atoms with Gasteiger partial charge in [-0.2, -0.15) is 5.10 Å². The molecule has 9 heteroatoms. The highest BCUT2D eigenvalue weighted by Crippen LogP contribution is 2.34. The van der Waals surface area contributed by atoms with Crippen molar-refractivity contribution in [2.75, 3.05) is 13.2 Å². The molecule has 0 fully saturated rings. The van der Waals surface area contributed by atoms with E-state index in [0.717, 1.165) is 51.1 Å². The third kappa shape index (κ3) is 7.03. The fourth-order valence-electron chi connectivity index (χ4n) is 4.76. The van der Waals surface area contributed by atoms with Crippen LogP contribution < -0.4 is 0 Å². The van der Waals surface area contributed by atoms with E-state index < -0.39 is 16.1 Å². The molecule has 5 aromatic rings. The quantitative estimate of drug-likeness (QED) is 0.108. The summed E-state index contributed by atoms with van der Waals surface area (Å²) >= 11 is 0. The smallest absolute Gasteiger partial charge is 0.164 e. The van der Waals surface area contributed by atoms with E-state index in [9.17, 15) is 4.39 Å². The van der Waals surface area contributed by atoms with Crippen LogP contribution in [0.1, 0.15) is 0 Å². The molecule has 0 saturated heterocycles. The number of ether oxygens (including phenoxy) is 2. The van der Waals surface area contributed by atoms with Crippen molar-refractivity contribution < 1.29 is 13.9 Å². The molecule has 2 aromatic heterocycles. The van der Waals surface area contributed by atoms with Gasteiger partial charge in [0.05, 0.1) is 16.6 Å². The van der Waals surface area contributed by atoms with Gasteiger partial charge in [0.2, 0.25) is 0 Å². The van der Waals surface area contributed by atoms with Crippen molar-refractivity contribution in [3.8, 4) is 22.6 Å². The van der Waals surface area contributed by atoms with E-state index in [1.807, 2.05) is 53.2 Å². The largest absolute Gasteiger partial charge is 0.361 e. The van der Waals surface area contributed by atoms with Gasteiger partial charge in [0, 0.05) is 40.3 Å². The molecular formula is C32H41FN4O2Si2. The Labute approximate surface area is 244 Å². The van der Waals surface area contributed by atoms with E-state index in [1.165, 1.54) is 6.07 Å². The van der Waals surface area contributed by atoms with Gasteiger partial charge >= 0.3 is 0 Å². The van der Waals surface area contributed by atoms with Crippen molar-refractivity contribution in [1.82, 2.24) is 19.3 Å². The fourth-order valence-corrected chi connectivity index (χ4v) is 6.27. The second-order valence-electron chi connectivity index (χ2n) is 13.1. The second-order valence-corrected chi connectivity index (χ2v) is 24.4. The molecule has 0 bridgehead atoms. The molecule has 41 heavy (non-hydrogen) atoms. The van der Waals surface area contributed by atoms with Gasteiger partial charge in [-0.1, -0.05) is 75.7 Å². The Balaban J connectivity index is 1.58. The van der Waals surface area contributed by atoms with Crippen molar-refractivity contribution in [2.24, 2.45) is 0 Å². The van der Waals surface area contributed by atoms with Gasteiger partial charge in [0.25, 0.3) is 0 Å². The summed E-state index contributed by atoms with van der Waals surface area (Å²) in [5.74, 6) is 0.481. The van der Waals surface area contributed by atoms with Crippen molar-refractivity contribution in [2.45, 2.75) is 64.8 Å². The fraction of sp³-hybridized carbons (Fsp3) is 0.375. The number of rotatable bonds is 12. The minimum Gasteiger partial charge on any atom is -0.361 e. The number of hydrogen-bond donors (Lipinski definition) is 0. The van der Waals surface area contributed by atoms with Gasteiger partial charge < -0.3 is 9.47 Å². The van der Waals surface area contributed by atoms with E-state index in [2.05, 4.69) is 49.9 Å². The van der Waals surface area contributed by atoms with Crippen LogP contribution in [0.3, 0.4) is 0 Å². The highest BCUT2D eigenvalue weighted by atomic mass is 28.3. The topological polar surface area (TPSA) is 54.1 Å². The Kier molecular flexibility index (Phi) is 8.61. The number of nitrogens with zero attached hydrogens (tertiary/aromatic N) is 4. The van der Waals surface area contributed by atoms with E-state index in [1.54, 1.807) is 6.07 Å². The predicted molar refractivity (Wildman–Crippen MR) is 172 cm³/mol. The number of hydrogen-bond acceptors (Lipinski definition) is 4. The number of aromatic nitrogens is 4. The molecular weight excluding hydrogens is 548 g/mol. The molecule has 5 rings (SSSR count). The van der Waals surface area contributed by atoms with Crippen molar-refractivity contribution >= 4 is 38.1 Å².